The Morgan fingerprint density at radius 3 is 2.00 bits per heavy atom. The van der Waals surface area contributed by atoms with Crippen LogP contribution < -0.4 is 5.32 Å². The van der Waals surface area contributed by atoms with Crippen LogP contribution >= 0.6 is 11.8 Å². The average Bonchev–Trinajstić information content (AvgIpc) is 2.57. The lowest BCUT2D eigenvalue weighted by atomic mass is 10.1. The van der Waals surface area contributed by atoms with Crippen molar-refractivity contribution >= 4 is 29.3 Å². The third-order valence-electron chi connectivity index (χ3n) is 3.75. The van der Waals surface area contributed by atoms with Crippen LogP contribution in [0.3, 0.4) is 0 Å². The summed E-state index contributed by atoms with van der Waals surface area (Å²) in [5, 5.41) is 3.44. The van der Waals surface area contributed by atoms with E-state index in [0.717, 1.165) is 16.8 Å². The summed E-state index contributed by atoms with van der Waals surface area (Å²) in [5.74, 6) is 0.00671. The van der Waals surface area contributed by atoms with E-state index in [4.69, 9.17) is 0 Å². The monoisotopic (exact) mass is 370 g/mol. The van der Waals surface area contributed by atoms with Crippen LogP contribution in [0, 0.1) is 0 Å². The van der Waals surface area contributed by atoms with Gasteiger partial charge in [0.05, 0.1) is 12.8 Å². The highest BCUT2D eigenvalue weighted by Gasteiger charge is 2.07. The summed E-state index contributed by atoms with van der Waals surface area (Å²) in [6.07, 6.45) is 0.704. The van der Waals surface area contributed by atoms with E-state index in [1.54, 1.807) is 19.0 Å². The van der Waals surface area contributed by atoms with E-state index in [9.17, 15) is 9.59 Å². The van der Waals surface area contributed by atoms with E-state index in [1.807, 2.05) is 48.2 Å². The van der Waals surface area contributed by atoms with Gasteiger partial charge in [-0.05, 0) is 35.4 Å². The van der Waals surface area contributed by atoms with Crippen molar-refractivity contribution in [1.29, 1.82) is 0 Å². The molecule has 0 aliphatic carbocycles. The number of nitrogens with zero attached hydrogens (tertiary/aromatic N) is 1. The molecule has 0 fully saturated rings. The molecule has 0 bridgehead atoms. The van der Waals surface area contributed by atoms with Crippen molar-refractivity contribution < 1.29 is 9.59 Å². The number of carbonyl (C=O) groups excluding carboxylic acids is 2. The van der Waals surface area contributed by atoms with Crippen molar-refractivity contribution in [2.24, 2.45) is 0 Å². The fourth-order valence-corrected chi connectivity index (χ4v) is 3.22. The summed E-state index contributed by atoms with van der Waals surface area (Å²) in [5.41, 5.74) is 2.66. The zero-order valence-corrected chi connectivity index (χ0v) is 16.6. The van der Waals surface area contributed by atoms with Gasteiger partial charge in [0.1, 0.15) is 0 Å². The first-order chi connectivity index (χ1) is 12.3. The topological polar surface area (TPSA) is 49.4 Å². The van der Waals surface area contributed by atoms with Crippen LogP contribution in [0.25, 0.3) is 0 Å². The van der Waals surface area contributed by atoms with Crippen LogP contribution in [0.4, 0.5) is 5.69 Å². The molecule has 4 nitrogen and oxygen atoms in total. The highest BCUT2D eigenvalue weighted by Crippen LogP contribution is 2.23. The molecule has 0 saturated carbocycles. The molecule has 2 aromatic rings. The molecule has 2 amide bonds. The molecule has 0 atom stereocenters. The summed E-state index contributed by atoms with van der Waals surface area (Å²) >= 11 is 1.81. The van der Waals surface area contributed by atoms with Crippen molar-refractivity contribution in [2.45, 2.75) is 36.8 Å². The Balaban J connectivity index is 1.88. The predicted octanol–water partition coefficient (Wildman–Crippen LogP) is 4.00. The summed E-state index contributed by atoms with van der Waals surface area (Å²) in [7, 11) is 3.48. The van der Waals surface area contributed by atoms with Gasteiger partial charge in [-0.1, -0.05) is 38.1 Å². The van der Waals surface area contributed by atoms with E-state index in [1.165, 1.54) is 4.90 Å². The molecular formula is C21H26N2O2S. The van der Waals surface area contributed by atoms with Crippen molar-refractivity contribution in [1.82, 2.24) is 4.90 Å². The van der Waals surface area contributed by atoms with Crippen LogP contribution in [0.2, 0.25) is 0 Å². The number of thioether (sulfide) groups is 1. The SMILES string of the molecule is CC(C)Sc1ccc(CC(=O)Nc2ccc(CC(=O)N(C)C)cc2)cc1. The van der Waals surface area contributed by atoms with Gasteiger partial charge in [-0.3, -0.25) is 9.59 Å². The lowest BCUT2D eigenvalue weighted by Crippen LogP contribution is -2.23. The van der Waals surface area contributed by atoms with Gasteiger partial charge in [-0.15, -0.1) is 11.8 Å². The number of rotatable bonds is 7. The molecule has 5 heteroatoms. The van der Waals surface area contributed by atoms with Crippen molar-refractivity contribution in [2.75, 3.05) is 19.4 Å². The molecule has 0 radical (unpaired) electrons. The summed E-state index contributed by atoms with van der Waals surface area (Å²) < 4.78 is 0. The molecule has 0 unspecified atom stereocenters. The molecule has 0 spiro atoms. The fourth-order valence-electron chi connectivity index (χ4n) is 2.39. The zero-order chi connectivity index (χ0) is 19.1. The van der Waals surface area contributed by atoms with Crippen LogP contribution in [0.15, 0.2) is 53.4 Å². The molecule has 26 heavy (non-hydrogen) atoms. The lowest BCUT2D eigenvalue weighted by Gasteiger charge is -2.11. The first-order valence-electron chi connectivity index (χ1n) is 8.68. The van der Waals surface area contributed by atoms with Crippen LogP contribution in [0.1, 0.15) is 25.0 Å². The van der Waals surface area contributed by atoms with E-state index in [0.29, 0.717) is 18.1 Å². The van der Waals surface area contributed by atoms with Crippen LogP contribution in [-0.2, 0) is 22.4 Å². The molecule has 0 saturated heterocycles. The predicted molar refractivity (Wildman–Crippen MR) is 109 cm³/mol. The summed E-state index contributed by atoms with van der Waals surface area (Å²) in [6.45, 7) is 4.32. The normalized spacial score (nSPS) is 10.7. The zero-order valence-electron chi connectivity index (χ0n) is 15.8. The highest BCUT2D eigenvalue weighted by atomic mass is 32.2. The molecule has 1 N–H and O–H groups in total. The van der Waals surface area contributed by atoms with E-state index in [-0.39, 0.29) is 11.8 Å². The Hall–Kier alpha value is -2.27. The second kappa shape index (κ2) is 9.43. The number of hydrogen-bond acceptors (Lipinski definition) is 3. The summed E-state index contributed by atoms with van der Waals surface area (Å²) in [4.78, 5) is 26.7. The second-order valence-electron chi connectivity index (χ2n) is 6.70. The van der Waals surface area contributed by atoms with E-state index in [2.05, 4.69) is 31.3 Å². The van der Waals surface area contributed by atoms with Crippen molar-refractivity contribution in [3.8, 4) is 0 Å². The van der Waals surface area contributed by atoms with Gasteiger partial charge in [0.25, 0.3) is 0 Å². The van der Waals surface area contributed by atoms with Crippen LogP contribution in [0.5, 0.6) is 0 Å². The van der Waals surface area contributed by atoms with Gasteiger partial charge in [0, 0.05) is 29.9 Å². The molecule has 0 heterocycles. The van der Waals surface area contributed by atoms with Gasteiger partial charge in [0.15, 0.2) is 0 Å². The largest absolute Gasteiger partial charge is 0.349 e. The number of likely N-dealkylation sites (N-methyl/N-ethyl adjacent to an activating group) is 1. The molecule has 138 valence electrons. The van der Waals surface area contributed by atoms with Gasteiger partial charge in [-0.2, -0.15) is 0 Å². The molecule has 0 aliphatic rings. The fraction of sp³-hybridized carbons (Fsp3) is 0.333. The number of hydrogen-bond donors (Lipinski definition) is 1. The second-order valence-corrected chi connectivity index (χ2v) is 8.35. The molecule has 0 aliphatic heterocycles. The van der Waals surface area contributed by atoms with Crippen molar-refractivity contribution in [3.63, 3.8) is 0 Å². The van der Waals surface area contributed by atoms with Gasteiger partial charge in [-0.25, -0.2) is 0 Å². The maximum Gasteiger partial charge on any atom is 0.228 e. The summed E-state index contributed by atoms with van der Waals surface area (Å²) in [6, 6.07) is 15.5. The maximum absolute atomic E-state index is 12.2. The lowest BCUT2D eigenvalue weighted by molar-refractivity contribution is -0.128. The third kappa shape index (κ3) is 6.56. The maximum atomic E-state index is 12.2. The first-order valence-corrected chi connectivity index (χ1v) is 9.56. The quantitative estimate of drug-likeness (QED) is 0.750. The van der Waals surface area contributed by atoms with E-state index < -0.39 is 0 Å². The minimum absolute atomic E-state index is 0.0496. The van der Waals surface area contributed by atoms with Crippen LogP contribution in [-0.4, -0.2) is 36.1 Å². The molecule has 0 aromatic heterocycles. The Morgan fingerprint density at radius 2 is 1.46 bits per heavy atom. The minimum atomic E-state index is -0.0496. The standard InChI is InChI=1S/C21H26N2O2S/c1-15(2)26-19-11-7-16(8-12-19)13-20(24)22-18-9-5-17(6-10-18)14-21(25)23(3)4/h5-12,15H,13-14H2,1-4H3,(H,22,24). The Kier molecular flexibility index (Phi) is 7.27. The van der Waals surface area contributed by atoms with Gasteiger partial charge < -0.3 is 10.2 Å². The number of anilines is 1. The molecule has 2 aromatic carbocycles. The smallest absolute Gasteiger partial charge is 0.228 e. The Bertz CT molecular complexity index is 738. The highest BCUT2D eigenvalue weighted by molar-refractivity contribution is 7.99. The minimum Gasteiger partial charge on any atom is -0.349 e. The molecule has 2 rings (SSSR count). The third-order valence-corrected chi connectivity index (χ3v) is 4.77. The molecular weight excluding hydrogens is 344 g/mol. The Morgan fingerprint density at radius 1 is 0.923 bits per heavy atom. The number of carbonyl (C=O) groups is 2. The number of nitrogens with one attached hydrogen (secondary N) is 1. The average molecular weight is 371 g/mol. The van der Waals surface area contributed by atoms with E-state index >= 15 is 0 Å². The first kappa shape index (κ1) is 20.0. The van der Waals surface area contributed by atoms with Gasteiger partial charge >= 0.3 is 0 Å². The van der Waals surface area contributed by atoms with Gasteiger partial charge in [0.2, 0.25) is 11.8 Å². The van der Waals surface area contributed by atoms with Crippen molar-refractivity contribution in [3.05, 3.63) is 59.7 Å². The number of benzene rings is 2. The number of amides is 2. The Labute approximate surface area is 160 Å².